The lowest BCUT2D eigenvalue weighted by Crippen LogP contribution is -2.25. The third-order valence-corrected chi connectivity index (χ3v) is 3.65. The van der Waals surface area contributed by atoms with Crippen molar-refractivity contribution in [2.24, 2.45) is 10.9 Å². The number of hydrogen-bond donors (Lipinski definition) is 0. The molecule has 1 unspecified atom stereocenters. The second kappa shape index (κ2) is 3.23. The van der Waals surface area contributed by atoms with Crippen molar-refractivity contribution in [1.82, 2.24) is 0 Å². The molecule has 3 rings (SSSR count). The van der Waals surface area contributed by atoms with Crippen LogP contribution in [0.1, 0.15) is 36.3 Å². The molecule has 0 N–H and O–H groups in total. The second-order valence-corrected chi connectivity index (χ2v) is 4.42. The maximum absolute atomic E-state index is 4.48. The van der Waals surface area contributed by atoms with Crippen LogP contribution in [0.2, 0.25) is 0 Å². The van der Waals surface area contributed by atoms with E-state index in [1.807, 2.05) is 6.21 Å². The predicted octanol–water partition coefficient (Wildman–Crippen LogP) is 3.00. The molecule has 2 aliphatic rings. The minimum absolute atomic E-state index is 0.713. The van der Waals surface area contributed by atoms with Crippen molar-refractivity contribution in [1.29, 1.82) is 0 Å². The van der Waals surface area contributed by atoms with Gasteiger partial charge in [-0.25, -0.2) is 0 Å². The van der Waals surface area contributed by atoms with Crippen molar-refractivity contribution in [2.75, 3.05) is 6.54 Å². The topological polar surface area (TPSA) is 12.4 Å². The summed E-state index contributed by atoms with van der Waals surface area (Å²) in [5.41, 5.74) is 2.88. The molecule has 1 heterocycles. The van der Waals surface area contributed by atoms with Crippen molar-refractivity contribution < 1.29 is 0 Å². The van der Waals surface area contributed by atoms with Gasteiger partial charge in [-0.2, -0.15) is 0 Å². The Morgan fingerprint density at radius 3 is 2.79 bits per heavy atom. The monoisotopic (exact) mass is 185 g/mol. The Labute approximate surface area is 84.9 Å². The molecule has 1 heteroatoms. The molecule has 1 aliphatic heterocycles. The summed E-state index contributed by atoms with van der Waals surface area (Å²) in [5, 5.41) is 0. The van der Waals surface area contributed by atoms with Crippen LogP contribution in [0, 0.1) is 5.92 Å². The normalized spacial score (nSPS) is 25.6. The summed E-state index contributed by atoms with van der Waals surface area (Å²) in [4.78, 5) is 4.48. The van der Waals surface area contributed by atoms with Crippen LogP contribution in [-0.2, 0) is 0 Å². The van der Waals surface area contributed by atoms with Crippen molar-refractivity contribution >= 4 is 6.21 Å². The van der Waals surface area contributed by atoms with Gasteiger partial charge >= 0.3 is 0 Å². The number of benzene rings is 1. The highest BCUT2D eigenvalue weighted by molar-refractivity contribution is 5.83. The van der Waals surface area contributed by atoms with Crippen LogP contribution in [0.3, 0.4) is 0 Å². The summed E-state index contributed by atoms with van der Waals surface area (Å²) in [6.45, 7) is 1.02. The van der Waals surface area contributed by atoms with E-state index in [2.05, 4.69) is 29.3 Å². The Hall–Kier alpha value is -1.11. The van der Waals surface area contributed by atoms with Gasteiger partial charge in [-0.3, -0.25) is 4.99 Å². The first kappa shape index (κ1) is 8.22. The minimum Gasteiger partial charge on any atom is -0.292 e. The largest absolute Gasteiger partial charge is 0.292 e. The van der Waals surface area contributed by atoms with Crippen molar-refractivity contribution in [3.05, 3.63) is 35.4 Å². The number of rotatable bonds is 1. The van der Waals surface area contributed by atoms with Crippen LogP contribution in [0.15, 0.2) is 29.3 Å². The average molecular weight is 185 g/mol. The lowest BCUT2D eigenvalue weighted by Gasteiger charge is -2.35. The van der Waals surface area contributed by atoms with E-state index in [1.54, 1.807) is 0 Å². The van der Waals surface area contributed by atoms with Gasteiger partial charge in [0.05, 0.1) is 0 Å². The summed E-state index contributed by atoms with van der Waals surface area (Å²) in [5.74, 6) is 1.62. The maximum Gasteiger partial charge on any atom is 0.0461 e. The molecule has 1 saturated carbocycles. The Morgan fingerprint density at radius 1 is 1.14 bits per heavy atom. The number of hydrogen-bond acceptors (Lipinski definition) is 1. The molecular formula is C13H15N. The van der Waals surface area contributed by atoms with E-state index < -0.39 is 0 Å². The average Bonchev–Trinajstić information content (AvgIpc) is 2.16. The van der Waals surface area contributed by atoms with E-state index in [1.165, 1.54) is 30.4 Å². The third kappa shape index (κ3) is 1.19. The first-order chi connectivity index (χ1) is 6.95. The first-order valence-electron chi connectivity index (χ1n) is 5.54. The van der Waals surface area contributed by atoms with Gasteiger partial charge < -0.3 is 0 Å². The van der Waals surface area contributed by atoms with Gasteiger partial charge in [-0.15, -0.1) is 0 Å². The molecule has 0 bridgehead atoms. The Kier molecular flexibility index (Phi) is 1.90. The van der Waals surface area contributed by atoms with E-state index in [0.717, 1.165) is 12.5 Å². The Morgan fingerprint density at radius 2 is 2.00 bits per heavy atom. The second-order valence-electron chi connectivity index (χ2n) is 4.42. The highest BCUT2D eigenvalue weighted by atomic mass is 14.7. The SMILES string of the molecule is C1=NCC(C2CCC2)c2ccccc21. The molecule has 0 saturated heterocycles. The van der Waals surface area contributed by atoms with E-state index in [4.69, 9.17) is 0 Å². The lowest BCUT2D eigenvalue weighted by atomic mass is 9.71. The number of nitrogens with zero attached hydrogens (tertiary/aromatic N) is 1. The molecule has 0 amide bonds. The molecule has 14 heavy (non-hydrogen) atoms. The summed E-state index contributed by atoms with van der Waals surface area (Å²) < 4.78 is 0. The lowest BCUT2D eigenvalue weighted by molar-refractivity contribution is 0.263. The quantitative estimate of drug-likeness (QED) is 0.637. The molecule has 1 nitrogen and oxygen atoms in total. The van der Waals surface area contributed by atoms with E-state index >= 15 is 0 Å². The molecule has 1 atom stereocenters. The summed E-state index contributed by atoms with van der Waals surface area (Å²) in [6, 6.07) is 8.73. The molecule has 0 aromatic heterocycles. The van der Waals surface area contributed by atoms with Crippen LogP contribution in [-0.4, -0.2) is 12.8 Å². The van der Waals surface area contributed by atoms with Crippen molar-refractivity contribution in [3.8, 4) is 0 Å². The van der Waals surface area contributed by atoms with Gasteiger partial charge in [0.25, 0.3) is 0 Å². The maximum atomic E-state index is 4.48. The third-order valence-electron chi connectivity index (χ3n) is 3.65. The van der Waals surface area contributed by atoms with Crippen molar-refractivity contribution in [3.63, 3.8) is 0 Å². The Bertz CT molecular complexity index is 363. The summed E-state index contributed by atoms with van der Waals surface area (Å²) in [7, 11) is 0. The fourth-order valence-electron chi connectivity index (χ4n) is 2.57. The minimum atomic E-state index is 0.713. The van der Waals surface area contributed by atoms with E-state index in [0.29, 0.717) is 5.92 Å². The van der Waals surface area contributed by atoms with Gasteiger partial charge in [-0.05, 0) is 29.9 Å². The van der Waals surface area contributed by atoms with Crippen LogP contribution in [0.4, 0.5) is 0 Å². The fourth-order valence-corrected chi connectivity index (χ4v) is 2.57. The van der Waals surface area contributed by atoms with Crippen LogP contribution in [0.25, 0.3) is 0 Å². The summed E-state index contributed by atoms with van der Waals surface area (Å²) >= 11 is 0. The van der Waals surface area contributed by atoms with E-state index in [9.17, 15) is 0 Å². The van der Waals surface area contributed by atoms with Crippen LogP contribution >= 0.6 is 0 Å². The zero-order valence-electron chi connectivity index (χ0n) is 8.32. The van der Waals surface area contributed by atoms with Crippen molar-refractivity contribution in [2.45, 2.75) is 25.2 Å². The smallest absolute Gasteiger partial charge is 0.0461 e. The summed E-state index contributed by atoms with van der Waals surface area (Å²) in [6.07, 6.45) is 6.28. The highest BCUT2D eigenvalue weighted by Gasteiger charge is 2.30. The molecular weight excluding hydrogens is 170 g/mol. The molecule has 1 aromatic carbocycles. The van der Waals surface area contributed by atoms with Gasteiger partial charge in [-0.1, -0.05) is 30.7 Å². The molecule has 72 valence electrons. The molecule has 1 aliphatic carbocycles. The standard InChI is InChI=1S/C13H15N/c1-2-7-12-11(4-1)8-14-9-13(12)10-5-3-6-10/h1-2,4,7-8,10,13H,3,5-6,9H2. The molecule has 1 fully saturated rings. The highest BCUT2D eigenvalue weighted by Crippen LogP contribution is 2.41. The zero-order valence-corrected chi connectivity index (χ0v) is 8.32. The fraction of sp³-hybridized carbons (Fsp3) is 0.462. The first-order valence-corrected chi connectivity index (χ1v) is 5.54. The Balaban J connectivity index is 1.98. The molecule has 0 radical (unpaired) electrons. The molecule has 0 spiro atoms. The van der Waals surface area contributed by atoms with Gasteiger partial charge in [0.1, 0.15) is 0 Å². The van der Waals surface area contributed by atoms with Crippen LogP contribution in [0.5, 0.6) is 0 Å². The zero-order chi connectivity index (χ0) is 9.38. The van der Waals surface area contributed by atoms with Gasteiger partial charge in [0.2, 0.25) is 0 Å². The number of aliphatic imine (C=N–C) groups is 1. The van der Waals surface area contributed by atoms with E-state index in [-0.39, 0.29) is 0 Å². The predicted molar refractivity (Wildman–Crippen MR) is 59.0 cm³/mol. The van der Waals surface area contributed by atoms with Crippen LogP contribution < -0.4 is 0 Å². The number of fused-ring (bicyclic) bond motifs is 1. The van der Waals surface area contributed by atoms with Gasteiger partial charge in [0.15, 0.2) is 0 Å². The molecule has 1 aromatic rings. The van der Waals surface area contributed by atoms with Gasteiger partial charge in [0, 0.05) is 18.7 Å².